The third kappa shape index (κ3) is 4.36. The summed E-state index contributed by atoms with van der Waals surface area (Å²) in [5.41, 5.74) is 4.66. The van der Waals surface area contributed by atoms with Crippen molar-refractivity contribution in [3.05, 3.63) is 77.2 Å². The Morgan fingerprint density at radius 3 is 2.86 bits per heavy atom. The van der Waals surface area contributed by atoms with Gasteiger partial charge in [0.2, 0.25) is 0 Å². The van der Waals surface area contributed by atoms with E-state index in [1.54, 1.807) is 24.5 Å². The number of nitrogens with one attached hydrogen (secondary N) is 1. The van der Waals surface area contributed by atoms with E-state index in [1.807, 2.05) is 37.3 Å². The number of aromatic nitrogens is 4. The fourth-order valence-corrected chi connectivity index (χ4v) is 4.69. The molecule has 0 spiro atoms. The van der Waals surface area contributed by atoms with Gasteiger partial charge in [-0.05, 0) is 54.8 Å². The lowest BCUT2D eigenvalue weighted by Crippen LogP contribution is -2.37. The maximum atomic E-state index is 12.9. The van der Waals surface area contributed by atoms with Crippen LogP contribution < -0.4 is 10.2 Å². The van der Waals surface area contributed by atoms with Gasteiger partial charge in [0.25, 0.3) is 5.91 Å². The number of carbonyl (C=O) groups excluding carboxylic acids is 1. The van der Waals surface area contributed by atoms with E-state index in [0.29, 0.717) is 24.5 Å². The van der Waals surface area contributed by atoms with E-state index < -0.39 is 5.41 Å². The van der Waals surface area contributed by atoms with Gasteiger partial charge in [-0.25, -0.2) is 4.98 Å². The summed E-state index contributed by atoms with van der Waals surface area (Å²) in [6.07, 6.45) is 4.75. The van der Waals surface area contributed by atoms with Crippen LogP contribution in [-0.2, 0) is 23.3 Å². The molecule has 1 amide bonds. The molecule has 1 N–H and O–H groups in total. The van der Waals surface area contributed by atoms with Gasteiger partial charge in [-0.2, -0.15) is 15.5 Å². The third-order valence-electron chi connectivity index (χ3n) is 7.03. The zero-order valence-corrected chi connectivity index (χ0v) is 20.4. The minimum Gasteiger partial charge on any atom is -0.375 e. The molecule has 9 heteroatoms. The van der Waals surface area contributed by atoms with Crippen molar-refractivity contribution in [3.8, 4) is 17.3 Å². The average molecular weight is 492 g/mol. The predicted octanol–water partition coefficient (Wildman–Crippen LogP) is 3.54. The SMILES string of the molecule is C[C@@]1(C#N)COCc2ccc(C(=O)NCc3cc4cc(-c5cncc(N6CCC6)n5)ccc4nn3)cc21. The lowest BCUT2D eigenvalue weighted by molar-refractivity contribution is 0.0757. The van der Waals surface area contributed by atoms with E-state index in [9.17, 15) is 10.1 Å². The Labute approximate surface area is 214 Å². The minimum absolute atomic E-state index is 0.228. The van der Waals surface area contributed by atoms with Crippen LogP contribution in [0.3, 0.4) is 0 Å². The topological polar surface area (TPSA) is 117 Å². The molecule has 2 aromatic carbocycles. The molecule has 6 rings (SSSR count). The molecule has 0 aliphatic carbocycles. The van der Waals surface area contributed by atoms with Crippen LogP contribution in [0.25, 0.3) is 22.2 Å². The van der Waals surface area contributed by atoms with Crippen LogP contribution in [-0.4, -0.2) is 45.8 Å². The molecule has 37 heavy (non-hydrogen) atoms. The summed E-state index contributed by atoms with van der Waals surface area (Å²) >= 11 is 0. The highest BCUT2D eigenvalue weighted by atomic mass is 16.5. The second kappa shape index (κ2) is 9.22. The van der Waals surface area contributed by atoms with Crippen molar-refractivity contribution in [2.45, 2.75) is 31.9 Å². The molecular weight excluding hydrogens is 466 g/mol. The van der Waals surface area contributed by atoms with Crippen molar-refractivity contribution in [1.82, 2.24) is 25.5 Å². The fraction of sp³-hybridized carbons (Fsp3) is 0.286. The lowest BCUT2D eigenvalue weighted by atomic mass is 9.79. The second-order valence-corrected chi connectivity index (χ2v) is 9.70. The number of rotatable bonds is 5. The van der Waals surface area contributed by atoms with E-state index in [4.69, 9.17) is 9.72 Å². The summed E-state index contributed by atoms with van der Waals surface area (Å²) < 4.78 is 5.56. The molecule has 1 atom stereocenters. The molecule has 4 aromatic rings. The number of hydrogen-bond acceptors (Lipinski definition) is 8. The normalized spacial score (nSPS) is 18.5. The first-order valence-electron chi connectivity index (χ1n) is 12.3. The number of nitriles is 1. The van der Waals surface area contributed by atoms with E-state index in [0.717, 1.165) is 52.2 Å². The number of hydrogen-bond donors (Lipinski definition) is 1. The number of nitrogens with zero attached hydrogens (tertiary/aromatic N) is 6. The molecule has 2 aliphatic rings. The van der Waals surface area contributed by atoms with Crippen molar-refractivity contribution >= 4 is 22.6 Å². The van der Waals surface area contributed by atoms with Gasteiger partial charge in [0.05, 0.1) is 55.1 Å². The van der Waals surface area contributed by atoms with Gasteiger partial charge < -0.3 is 15.0 Å². The smallest absolute Gasteiger partial charge is 0.251 e. The first-order chi connectivity index (χ1) is 18.0. The highest BCUT2D eigenvalue weighted by molar-refractivity contribution is 5.94. The molecule has 2 aromatic heterocycles. The summed E-state index contributed by atoms with van der Waals surface area (Å²) in [5.74, 6) is 0.660. The molecule has 0 saturated carbocycles. The summed E-state index contributed by atoms with van der Waals surface area (Å²) in [4.78, 5) is 24.3. The van der Waals surface area contributed by atoms with Crippen molar-refractivity contribution in [2.24, 2.45) is 0 Å². The molecule has 1 saturated heterocycles. The van der Waals surface area contributed by atoms with Gasteiger partial charge in [0, 0.05) is 29.6 Å². The number of benzene rings is 2. The summed E-state index contributed by atoms with van der Waals surface area (Å²) in [7, 11) is 0. The second-order valence-electron chi connectivity index (χ2n) is 9.70. The van der Waals surface area contributed by atoms with E-state index in [1.165, 1.54) is 6.42 Å². The highest BCUT2D eigenvalue weighted by Crippen LogP contribution is 2.32. The fourth-order valence-electron chi connectivity index (χ4n) is 4.69. The van der Waals surface area contributed by atoms with Crippen LogP contribution in [0.15, 0.2) is 54.9 Å². The number of fused-ring (bicyclic) bond motifs is 2. The molecule has 0 radical (unpaired) electrons. The van der Waals surface area contributed by atoms with Crippen LogP contribution >= 0.6 is 0 Å². The maximum Gasteiger partial charge on any atom is 0.251 e. The van der Waals surface area contributed by atoms with Gasteiger partial charge in [-0.1, -0.05) is 12.1 Å². The van der Waals surface area contributed by atoms with Gasteiger partial charge in [0.1, 0.15) is 11.2 Å². The maximum absolute atomic E-state index is 12.9. The highest BCUT2D eigenvalue weighted by Gasteiger charge is 2.33. The molecular formula is C28H25N7O2. The zero-order valence-electron chi connectivity index (χ0n) is 20.4. The summed E-state index contributed by atoms with van der Waals surface area (Å²) in [6, 6.07) is 15.6. The van der Waals surface area contributed by atoms with Gasteiger partial charge in [-0.3, -0.25) is 9.78 Å². The molecule has 1 fully saturated rings. The number of amides is 1. The van der Waals surface area contributed by atoms with Crippen LogP contribution in [0, 0.1) is 11.3 Å². The van der Waals surface area contributed by atoms with Crippen molar-refractivity contribution < 1.29 is 9.53 Å². The Hall–Kier alpha value is -4.42. The monoisotopic (exact) mass is 491 g/mol. The molecule has 2 aliphatic heterocycles. The summed E-state index contributed by atoms with van der Waals surface area (Å²) in [6.45, 7) is 4.84. The Balaban J connectivity index is 1.20. The van der Waals surface area contributed by atoms with Crippen LogP contribution in [0.1, 0.15) is 40.5 Å². The Kier molecular flexibility index (Phi) is 5.74. The lowest BCUT2D eigenvalue weighted by Gasteiger charge is -2.31. The minimum atomic E-state index is -0.773. The summed E-state index contributed by atoms with van der Waals surface area (Å²) in [5, 5.41) is 22.1. The van der Waals surface area contributed by atoms with Gasteiger partial charge >= 0.3 is 0 Å². The quantitative estimate of drug-likeness (QED) is 0.451. The number of carbonyl (C=O) groups is 1. The zero-order chi connectivity index (χ0) is 25.4. The van der Waals surface area contributed by atoms with E-state index in [2.05, 4.69) is 31.5 Å². The average Bonchev–Trinajstić information content (AvgIpc) is 2.90. The van der Waals surface area contributed by atoms with Crippen LogP contribution in [0.2, 0.25) is 0 Å². The van der Waals surface area contributed by atoms with Crippen LogP contribution in [0.5, 0.6) is 0 Å². The molecule has 4 heterocycles. The largest absolute Gasteiger partial charge is 0.375 e. The molecule has 184 valence electrons. The van der Waals surface area contributed by atoms with Crippen molar-refractivity contribution in [3.63, 3.8) is 0 Å². The van der Waals surface area contributed by atoms with Crippen LogP contribution in [0.4, 0.5) is 5.82 Å². The van der Waals surface area contributed by atoms with Crippen molar-refractivity contribution in [2.75, 3.05) is 24.6 Å². The first kappa shape index (κ1) is 23.0. The molecule has 9 nitrogen and oxygen atoms in total. The van der Waals surface area contributed by atoms with E-state index >= 15 is 0 Å². The van der Waals surface area contributed by atoms with Crippen molar-refractivity contribution in [1.29, 1.82) is 5.26 Å². The third-order valence-corrected chi connectivity index (χ3v) is 7.03. The number of anilines is 1. The van der Waals surface area contributed by atoms with E-state index in [-0.39, 0.29) is 12.5 Å². The van der Waals surface area contributed by atoms with Gasteiger partial charge in [-0.15, -0.1) is 0 Å². The standard InChI is InChI=1S/C28H25N7O2/c1-28(16-29)17-37-15-20-4-3-19(11-23(20)28)27(36)31-12-22-10-21-9-18(5-6-24(21)34-33-22)25-13-30-14-26(32-25)35-7-2-8-35/h3-6,9-11,13-14H,2,7-8,12,15,17H2,1H3,(H,31,36)/t28-/m1/s1. The molecule has 0 unspecified atom stereocenters. The predicted molar refractivity (Wildman–Crippen MR) is 138 cm³/mol. The Morgan fingerprint density at radius 1 is 1.16 bits per heavy atom. The number of ether oxygens (including phenoxy) is 1. The first-order valence-corrected chi connectivity index (χ1v) is 12.3. The Morgan fingerprint density at radius 2 is 2.05 bits per heavy atom. The van der Waals surface area contributed by atoms with Gasteiger partial charge in [0.15, 0.2) is 0 Å². The Bertz CT molecular complexity index is 1560. The molecule has 0 bridgehead atoms.